The standard InChI is InChI=1S/C11H12FNO4/c12-8-3-1-2-6(7(8)5-14)11(17)9(15)4-10(13)16/h1-3,5,9,11,15,17H,4H2,(H2,13,16). The van der Waals surface area contributed by atoms with Crippen LogP contribution in [-0.2, 0) is 4.79 Å². The second-order valence-corrected chi connectivity index (χ2v) is 3.54. The van der Waals surface area contributed by atoms with Gasteiger partial charge in [0.25, 0.3) is 0 Å². The lowest BCUT2D eigenvalue weighted by Gasteiger charge is -2.18. The molecule has 5 nitrogen and oxygen atoms in total. The molecule has 0 aliphatic rings. The molecule has 0 saturated carbocycles. The fourth-order valence-corrected chi connectivity index (χ4v) is 1.46. The first kappa shape index (κ1) is 13.3. The van der Waals surface area contributed by atoms with E-state index in [1.807, 2.05) is 0 Å². The van der Waals surface area contributed by atoms with E-state index in [1.54, 1.807) is 0 Å². The summed E-state index contributed by atoms with van der Waals surface area (Å²) in [5.74, 6) is -1.61. The molecule has 0 aromatic heterocycles. The number of hydrogen-bond acceptors (Lipinski definition) is 4. The van der Waals surface area contributed by atoms with Crippen LogP contribution in [0.2, 0.25) is 0 Å². The molecule has 0 bridgehead atoms. The second kappa shape index (κ2) is 5.51. The van der Waals surface area contributed by atoms with Crippen LogP contribution < -0.4 is 5.73 Å². The van der Waals surface area contributed by atoms with E-state index in [0.29, 0.717) is 0 Å². The van der Waals surface area contributed by atoms with Crippen molar-refractivity contribution in [2.75, 3.05) is 0 Å². The first-order chi connectivity index (χ1) is 7.97. The van der Waals surface area contributed by atoms with Gasteiger partial charge in [0.1, 0.15) is 11.9 Å². The van der Waals surface area contributed by atoms with Gasteiger partial charge in [0, 0.05) is 0 Å². The Labute approximate surface area is 96.7 Å². The number of aldehydes is 1. The number of carbonyl (C=O) groups excluding carboxylic acids is 2. The third-order valence-corrected chi connectivity index (χ3v) is 2.30. The summed E-state index contributed by atoms with van der Waals surface area (Å²) in [5.41, 5.74) is 4.44. The van der Waals surface area contributed by atoms with E-state index in [9.17, 15) is 24.2 Å². The maximum atomic E-state index is 13.2. The first-order valence-electron chi connectivity index (χ1n) is 4.85. The van der Waals surface area contributed by atoms with Gasteiger partial charge in [-0.25, -0.2) is 4.39 Å². The first-order valence-corrected chi connectivity index (χ1v) is 4.85. The van der Waals surface area contributed by atoms with Crippen molar-refractivity contribution in [1.82, 2.24) is 0 Å². The van der Waals surface area contributed by atoms with E-state index in [2.05, 4.69) is 0 Å². The number of primary amides is 1. The van der Waals surface area contributed by atoms with Crippen LogP contribution in [0.3, 0.4) is 0 Å². The van der Waals surface area contributed by atoms with E-state index in [0.717, 1.165) is 6.07 Å². The normalized spacial score (nSPS) is 14.1. The molecule has 2 atom stereocenters. The number of nitrogens with two attached hydrogens (primary N) is 1. The SMILES string of the molecule is NC(=O)CC(O)C(O)c1cccc(F)c1C=O. The molecule has 0 heterocycles. The maximum absolute atomic E-state index is 13.2. The highest BCUT2D eigenvalue weighted by Crippen LogP contribution is 2.23. The minimum Gasteiger partial charge on any atom is -0.390 e. The number of aliphatic hydroxyl groups is 2. The average molecular weight is 241 g/mol. The molecule has 17 heavy (non-hydrogen) atoms. The summed E-state index contributed by atoms with van der Waals surface area (Å²) in [4.78, 5) is 21.2. The van der Waals surface area contributed by atoms with Crippen LogP contribution >= 0.6 is 0 Å². The summed E-state index contributed by atoms with van der Waals surface area (Å²) in [6.45, 7) is 0. The van der Waals surface area contributed by atoms with Crippen LogP contribution in [0.4, 0.5) is 4.39 Å². The molecule has 1 amide bonds. The van der Waals surface area contributed by atoms with Crippen LogP contribution in [0.1, 0.15) is 28.4 Å². The van der Waals surface area contributed by atoms with E-state index in [4.69, 9.17) is 5.73 Å². The Balaban J connectivity index is 3.03. The average Bonchev–Trinajstić information content (AvgIpc) is 2.26. The van der Waals surface area contributed by atoms with E-state index in [-0.39, 0.29) is 17.4 Å². The maximum Gasteiger partial charge on any atom is 0.220 e. The number of carbonyl (C=O) groups is 2. The summed E-state index contributed by atoms with van der Waals surface area (Å²) in [6.07, 6.45) is -3.26. The molecule has 1 aromatic rings. The van der Waals surface area contributed by atoms with Crippen molar-refractivity contribution < 1.29 is 24.2 Å². The van der Waals surface area contributed by atoms with Crippen LogP contribution in [-0.4, -0.2) is 28.5 Å². The smallest absolute Gasteiger partial charge is 0.220 e. The molecule has 92 valence electrons. The van der Waals surface area contributed by atoms with Crippen molar-refractivity contribution in [3.8, 4) is 0 Å². The quantitative estimate of drug-likeness (QED) is 0.627. The molecular formula is C11H12FNO4. The van der Waals surface area contributed by atoms with E-state index in [1.165, 1.54) is 12.1 Å². The fraction of sp³-hybridized carbons (Fsp3) is 0.273. The third kappa shape index (κ3) is 3.08. The predicted molar refractivity (Wildman–Crippen MR) is 56.6 cm³/mol. The van der Waals surface area contributed by atoms with Crippen molar-refractivity contribution in [3.63, 3.8) is 0 Å². The number of benzene rings is 1. The fourth-order valence-electron chi connectivity index (χ4n) is 1.46. The molecular weight excluding hydrogens is 229 g/mol. The van der Waals surface area contributed by atoms with Gasteiger partial charge in [-0.2, -0.15) is 0 Å². The van der Waals surface area contributed by atoms with Crippen LogP contribution in [0.15, 0.2) is 18.2 Å². The van der Waals surface area contributed by atoms with Gasteiger partial charge in [-0.1, -0.05) is 12.1 Å². The van der Waals surface area contributed by atoms with Crippen molar-refractivity contribution >= 4 is 12.2 Å². The Bertz CT molecular complexity index is 435. The van der Waals surface area contributed by atoms with Crippen molar-refractivity contribution in [2.45, 2.75) is 18.6 Å². The number of rotatable bonds is 5. The van der Waals surface area contributed by atoms with Gasteiger partial charge in [0.2, 0.25) is 5.91 Å². The lowest BCUT2D eigenvalue weighted by molar-refractivity contribution is -0.121. The largest absolute Gasteiger partial charge is 0.390 e. The summed E-state index contributed by atoms with van der Waals surface area (Å²) >= 11 is 0. The molecule has 0 aliphatic heterocycles. The molecule has 1 aromatic carbocycles. The Morgan fingerprint density at radius 1 is 1.47 bits per heavy atom. The molecule has 0 aliphatic carbocycles. The lowest BCUT2D eigenvalue weighted by Crippen LogP contribution is -2.26. The minimum absolute atomic E-state index is 0.0752. The Morgan fingerprint density at radius 2 is 2.12 bits per heavy atom. The number of amides is 1. The number of halogens is 1. The summed E-state index contributed by atoms with van der Waals surface area (Å²) in [6, 6.07) is 3.64. The predicted octanol–water partition coefficient (Wildman–Crippen LogP) is -0.0921. The van der Waals surface area contributed by atoms with Crippen LogP contribution in [0, 0.1) is 5.82 Å². The Hall–Kier alpha value is -1.79. The van der Waals surface area contributed by atoms with Gasteiger partial charge in [0.05, 0.1) is 18.1 Å². The Kier molecular flexibility index (Phi) is 4.30. The molecule has 1 rings (SSSR count). The molecule has 4 N–H and O–H groups in total. The molecule has 0 radical (unpaired) electrons. The zero-order valence-electron chi connectivity index (χ0n) is 8.84. The highest BCUT2D eigenvalue weighted by atomic mass is 19.1. The Morgan fingerprint density at radius 3 is 2.65 bits per heavy atom. The third-order valence-electron chi connectivity index (χ3n) is 2.30. The molecule has 0 fully saturated rings. The zero-order chi connectivity index (χ0) is 13.0. The molecule has 0 saturated heterocycles. The van der Waals surface area contributed by atoms with Crippen molar-refractivity contribution in [3.05, 3.63) is 35.1 Å². The van der Waals surface area contributed by atoms with Crippen LogP contribution in [0.25, 0.3) is 0 Å². The summed E-state index contributed by atoms with van der Waals surface area (Å²) in [5, 5.41) is 19.2. The highest BCUT2D eigenvalue weighted by Gasteiger charge is 2.23. The number of aliphatic hydroxyl groups excluding tert-OH is 2. The zero-order valence-corrected chi connectivity index (χ0v) is 8.84. The van der Waals surface area contributed by atoms with Crippen molar-refractivity contribution in [1.29, 1.82) is 0 Å². The van der Waals surface area contributed by atoms with Gasteiger partial charge in [-0.05, 0) is 11.6 Å². The second-order valence-electron chi connectivity index (χ2n) is 3.54. The lowest BCUT2D eigenvalue weighted by atomic mass is 9.97. The van der Waals surface area contributed by atoms with Crippen molar-refractivity contribution in [2.24, 2.45) is 5.73 Å². The van der Waals surface area contributed by atoms with Gasteiger partial charge < -0.3 is 15.9 Å². The van der Waals surface area contributed by atoms with Gasteiger partial charge in [-0.3, -0.25) is 9.59 Å². The molecule has 2 unspecified atom stereocenters. The van der Waals surface area contributed by atoms with Gasteiger partial charge in [-0.15, -0.1) is 0 Å². The minimum atomic E-state index is -1.54. The van der Waals surface area contributed by atoms with E-state index >= 15 is 0 Å². The topological polar surface area (TPSA) is 101 Å². The molecule has 0 spiro atoms. The summed E-state index contributed by atoms with van der Waals surface area (Å²) < 4.78 is 13.2. The highest BCUT2D eigenvalue weighted by molar-refractivity contribution is 5.78. The number of hydrogen-bond donors (Lipinski definition) is 3. The summed E-state index contributed by atoms with van der Waals surface area (Å²) in [7, 11) is 0. The monoisotopic (exact) mass is 241 g/mol. The van der Waals surface area contributed by atoms with Crippen LogP contribution in [0.5, 0.6) is 0 Å². The van der Waals surface area contributed by atoms with Gasteiger partial charge >= 0.3 is 0 Å². The van der Waals surface area contributed by atoms with E-state index < -0.39 is 30.4 Å². The molecule has 6 heteroatoms. The van der Waals surface area contributed by atoms with Gasteiger partial charge in [0.15, 0.2) is 6.29 Å².